The Hall–Kier alpha value is -2.33. The lowest BCUT2D eigenvalue weighted by molar-refractivity contribution is -0.142. The van der Waals surface area contributed by atoms with Crippen LogP contribution in [0.1, 0.15) is 107 Å². The summed E-state index contributed by atoms with van der Waals surface area (Å²) in [6.07, 6.45) is 6.61. The Morgan fingerprint density at radius 2 is 1.68 bits per heavy atom. The second kappa shape index (κ2) is 12.5. The summed E-state index contributed by atoms with van der Waals surface area (Å²) in [5, 5.41) is 10.8. The molecule has 0 radical (unpaired) electrons. The molecule has 1 N–H and O–H groups in total. The number of aliphatic hydroxyl groups is 1. The highest BCUT2D eigenvalue weighted by Gasteiger charge is 2.32. The van der Waals surface area contributed by atoms with E-state index in [1.807, 2.05) is 0 Å². The topological polar surface area (TPSA) is 55.8 Å². The average molecular weight is 509 g/mol. The second-order valence-corrected chi connectivity index (χ2v) is 11.7. The first kappa shape index (κ1) is 29.2. The second-order valence-electron chi connectivity index (χ2n) is 11.7. The molecule has 2 aromatic carbocycles. The van der Waals surface area contributed by atoms with Gasteiger partial charge in [0.2, 0.25) is 0 Å². The lowest BCUT2D eigenvalue weighted by Gasteiger charge is -2.34. The van der Waals surface area contributed by atoms with Crippen molar-refractivity contribution in [2.75, 3.05) is 6.61 Å². The van der Waals surface area contributed by atoms with Crippen molar-refractivity contribution < 1.29 is 19.4 Å². The molecule has 0 bridgehead atoms. The number of benzene rings is 2. The molecular weight excluding hydrogens is 460 g/mol. The predicted molar refractivity (Wildman–Crippen MR) is 151 cm³/mol. The summed E-state index contributed by atoms with van der Waals surface area (Å²) in [6.45, 7) is 15.8. The van der Waals surface area contributed by atoms with Crippen LogP contribution in [0, 0.1) is 19.3 Å². The third-order valence-electron chi connectivity index (χ3n) is 8.71. The van der Waals surface area contributed by atoms with Gasteiger partial charge >= 0.3 is 5.97 Å². The quantitative estimate of drug-likeness (QED) is 0.283. The molecular formula is C33H48O4. The zero-order valence-electron chi connectivity index (χ0n) is 24.2. The van der Waals surface area contributed by atoms with E-state index in [-0.39, 0.29) is 29.0 Å². The summed E-state index contributed by atoms with van der Waals surface area (Å²) in [6, 6.07) is 13.5. The Morgan fingerprint density at radius 1 is 1.03 bits per heavy atom. The molecule has 3 rings (SSSR count). The first-order valence-corrected chi connectivity index (χ1v) is 14.3. The van der Waals surface area contributed by atoms with Crippen LogP contribution in [0.15, 0.2) is 36.4 Å². The first-order valence-electron chi connectivity index (χ1n) is 14.3. The van der Waals surface area contributed by atoms with Gasteiger partial charge in [-0.15, -0.1) is 0 Å². The maximum absolute atomic E-state index is 11.4. The lowest BCUT2D eigenvalue weighted by atomic mass is 9.69. The molecule has 0 aliphatic carbocycles. The van der Waals surface area contributed by atoms with Gasteiger partial charge in [-0.25, -0.2) is 0 Å². The average Bonchev–Trinajstić information content (AvgIpc) is 3.28. The predicted octanol–water partition coefficient (Wildman–Crippen LogP) is 7.61. The molecule has 1 aliphatic rings. The molecule has 1 heterocycles. The van der Waals surface area contributed by atoms with Crippen molar-refractivity contribution in [2.24, 2.45) is 5.41 Å². The van der Waals surface area contributed by atoms with Crippen molar-refractivity contribution in [1.29, 1.82) is 0 Å². The van der Waals surface area contributed by atoms with Crippen LogP contribution in [0.3, 0.4) is 0 Å². The van der Waals surface area contributed by atoms with Crippen LogP contribution in [0.2, 0.25) is 0 Å². The number of ether oxygens (including phenoxy) is 2. The molecule has 0 saturated carbocycles. The van der Waals surface area contributed by atoms with E-state index in [0.29, 0.717) is 13.0 Å². The fraction of sp³-hybridized carbons (Fsp3) is 0.606. The minimum Gasteiger partial charge on any atom is -0.489 e. The van der Waals surface area contributed by atoms with Crippen LogP contribution in [0.25, 0.3) is 0 Å². The number of esters is 1. The Balaban J connectivity index is 1.77. The minimum atomic E-state index is -0.290. The van der Waals surface area contributed by atoms with Gasteiger partial charge in [0, 0.05) is 11.8 Å². The van der Waals surface area contributed by atoms with Crippen molar-refractivity contribution in [3.8, 4) is 5.75 Å². The van der Waals surface area contributed by atoms with E-state index in [0.717, 1.165) is 56.3 Å². The standard InChI is InChI=1S/C33H48O4/c1-8-19-32(6,7)30(34)17-12-25-11-13-26(20-23(25)4)33(9-2,10-3)27-14-16-29(24(5)21-27)36-22-28-15-18-31(35)37-28/h11,13-14,16,20-21,28,30,34H,8-10,12,15,17-19,22H2,1-7H3/t28-,30?/m0/s1. The van der Waals surface area contributed by atoms with Gasteiger partial charge in [-0.05, 0) is 91.7 Å². The monoisotopic (exact) mass is 508 g/mol. The van der Waals surface area contributed by atoms with E-state index in [1.165, 1.54) is 22.3 Å². The fourth-order valence-electron chi connectivity index (χ4n) is 5.99. The number of aliphatic hydroxyl groups excluding tert-OH is 1. The van der Waals surface area contributed by atoms with Crippen LogP contribution >= 0.6 is 0 Å². The molecule has 4 nitrogen and oxygen atoms in total. The van der Waals surface area contributed by atoms with Crippen molar-refractivity contribution in [3.63, 3.8) is 0 Å². The first-order chi connectivity index (χ1) is 17.6. The van der Waals surface area contributed by atoms with Crippen LogP contribution in [0.5, 0.6) is 5.75 Å². The van der Waals surface area contributed by atoms with Crippen LogP contribution in [0.4, 0.5) is 0 Å². The molecule has 0 amide bonds. The highest BCUT2D eigenvalue weighted by molar-refractivity contribution is 5.71. The van der Waals surface area contributed by atoms with Gasteiger partial charge in [0.25, 0.3) is 0 Å². The molecule has 1 fully saturated rings. The van der Waals surface area contributed by atoms with Crippen molar-refractivity contribution >= 4 is 5.97 Å². The summed E-state index contributed by atoms with van der Waals surface area (Å²) < 4.78 is 11.3. The zero-order chi connectivity index (χ0) is 27.2. The fourth-order valence-corrected chi connectivity index (χ4v) is 5.99. The normalized spacial score (nSPS) is 17.1. The number of hydrogen-bond acceptors (Lipinski definition) is 4. The third kappa shape index (κ3) is 6.76. The van der Waals surface area contributed by atoms with Gasteiger partial charge in [-0.1, -0.05) is 71.4 Å². The molecule has 0 aromatic heterocycles. The Morgan fingerprint density at radius 3 is 2.22 bits per heavy atom. The highest BCUT2D eigenvalue weighted by Crippen LogP contribution is 2.41. The Labute approximate surface area is 224 Å². The molecule has 37 heavy (non-hydrogen) atoms. The van der Waals surface area contributed by atoms with E-state index in [9.17, 15) is 9.90 Å². The largest absolute Gasteiger partial charge is 0.489 e. The SMILES string of the molecule is CCCC(C)(C)C(O)CCc1ccc(C(CC)(CC)c2ccc(OC[C@@H]3CCC(=O)O3)c(C)c2)cc1C. The van der Waals surface area contributed by atoms with E-state index in [4.69, 9.17) is 9.47 Å². The maximum Gasteiger partial charge on any atom is 0.306 e. The van der Waals surface area contributed by atoms with Crippen molar-refractivity contribution in [1.82, 2.24) is 0 Å². The van der Waals surface area contributed by atoms with Crippen LogP contribution in [-0.4, -0.2) is 29.9 Å². The third-order valence-corrected chi connectivity index (χ3v) is 8.71. The van der Waals surface area contributed by atoms with E-state index >= 15 is 0 Å². The van der Waals surface area contributed by atoms with E-state index < -0.39 is 0 Å². The van der Waals surface area contributed by atoms with Crippen molar-refractivity contribution in [2.45, 2.75) is 117 Å². The highest BCUT2D eigenvalue weighted by atomic mass is 16.6. The lowest BCUT2D eigenvalue weighted by Crippen LogP contribution is -2.29. The summed E-state index contributed by atoms with van der Waals surface area (Å²) in [5.41, 5.74) is 6.25. The summed E-state index contributed by atoms with van der Waals surface area (Å²) >= 11 is 0. The molecule has 2 atom stereocenters. The minimum absolute atomic E-state index is 0.0442. The molecule has 1 aliphatic heterocycles. The summed E-state index contributed by atoms with van der Waals surface area (Å²) in [5.74, 6) is 0.720. The van der Waals surface area contributed by atoms with Gasteiger partial charge < -0.3 is 14.6 Å². The van der Waals surface area contributed by atoms with Gasteiger partial charge in [-0.3, -0.25) is 4.79 Å². The maximum atomic E-state index is 11.4. The number of carbonyl (C=O) groups excluding carboxylic acids is 1. The van der Waals surface area contributed by atoms with Crippen LogP contribution in [-0.2, 0) is 21.4 Å². The molecule has 1 unspecified atom stereocenters. The number of hydrogen-bond donors (Lipinski definition) is 1. The smallest absolute Gasteiger partial charge is 0.306 e. The molecule has 204 valence electrons. The molecule has 2 aromatic rings. The van der Waals surface area contributed by atoms with Gasteiger partial charge in [0.1, 0.15) is 18.5 Å². The number of cyclic esters (lactones) is 1. The molecule has 0 spiro atoms. The zero-order valence-corrected chi connectivity index (χ0v) is 24.2. The molecule has 1 saturated heterocycles. The van der Waals surface area contributed by atoms with E-state index in [2.05, 4.69) is 84.9 Å². The van der Waals surface area contributed by atoms with Crippen molar-refractivity contribution in [3.05, 3.63) is 64.2 Å². The summed E-state index contributed by atoms with van der Waals surface area (Å²) in [7, 11) is 0. The number of rotatable bonds is 13. The summed E-state index contributed by atoms with van der Waals surface area (Å²) in [4.78, 5) is 11.4. The van der Waals surface area contributed by atoms with Gasteiger partial charge in [0.15, 0.2) is 0 Å². The Kier molecular flexibility index (Phi) is 9.86. The Bertz CT molecular complexity index is 1050. The van der Waals surface area contributed by atoms with Crippen LogP contribution < -0.4 is 4.74 Å². The number of aryl methyl sites for hydroxylation is 3. The number of carbonyl (C=O) groups is 1. The van der Waals surface area contributed by atoms with Gasteiger partial charge in [0.05, 0.1) is 6.10 Å². The van der Waals surface area contributed by atoms with Gasteiger partial charge in [-0.2, -0.15) is 0 Å². The molecule has 4 heteroatoms. The van der Waals surface area contributed by atoms with E-state index in [1.54, 1.807) is 0 Å².